The second-order valence-corrected chi connectivity index (χ2v) is 3.79. The van der Waals surface area contributed by atoms with Crippen molar-refractivity contribution in [2.75, 3.05) is 0 Å². The number of ether oxygens (including phenoxy) is 1. The first-order valence-corrected chi connectivity index (χ1v) is 4.95. The Balaban J connectivity index is 2.74. The summed E-state index contributed by atoms with van der Waals surface area (Å²) in [6, 6.07) is 4.62. The first kappa shape index (κ1) is 12.5. The Morgan fingerprint density at radius 1 is 1.17 bits per heavy atom. The van der Waals surface area contributed by atoms with Crippen molar-refractivity contribution in [1.29, 1.82) is 0 Å². The van der Waals surface area contributed by atoms with E-state index in [1.54, 1.807) is 0 Å². The van der Waals surface area contributed by atoms with E-state index < -0.39 is 17.9 Å². The smallest absolute Gasteiger partial charge is 0.508 e. The molecular weight excluding hydrogens is 252 g/mol. The molecule has 2 aromatic rings. The summed E-state index contributed by atoms with van der Waals surface area (Å²) in [4.78, 5) is 0. The van der Waals surface area contributed by atoms with Gasteiger partial charge in [0.15, 0.2) is 11.6 Å². The third-order valence-electron chi connectivity index (χ3n) is 2.42. The van der Waals surface area contributed by atoms with Crippen molar-refractivity contribution >= 4 is 10.8 Å². The molecule has 6 heteroatoms. The van der Waals surface area contributed by atoms with Crippen LogP contribution >= 0.6 is 0 Å². The summed E-state index contributed by atoms with van der Waals surface area (Å²) in [5, 5.41) is 9.61. The molecule has 0 aromatic heterocycles. The van der Waals surface area contributed by atoms with E-state index >= 15 is 0 Å². The van der Waals surface area contributed by atoms with E-state index in [9.17, 15) is 22.7 Å². The van der Waals surface area contributed by atoms with Gasteiger partial charge < -0.3 is 9.84 Å². The van der Waals surface area contributed by atoms with Gasteiger partial charge in [0, 0.05) is 5.39 Å². The average molecular weight is 260 g/mol. The van der Waals surface area contributed by atoms with Crippen molar-refractivity contribution in [3.05, 3.63) is 35.6 Å². The number of aromatic hydroxyl groups is 1. The van der Waals surface area contributed by atoms with Crippen LogP contribution in [0.2, 0.25) is 0 Å². The molecule has 1 N–H and O–H groups in total. The molecule has 0 aliphatic heterocycles. The quantitative estimate of drug-likeness (QED) is 0.788. The Morgan fingerprint density at radius 3 is 2.44 bits per heavy atom. The molecule has 0 unspecified atom stereocenters. The Labute approximate surface area is 99.4 Å². The number of hydrogen-bond donors (Lipinski definition) is 1. The summed E-state index contributed by atoms with van der Waals surface area (Å²) in [6.07, 6.45) is -4.97. The molecule has 0 aliphatic carbocycles. The van der Waals surface area contributed by atoms with Crippen LogP contribution in [0.5, 0.6) is 11.5 Å². The van der Waals surface area contributed by atoms with E-state index in [1.807, 2.05) is 0 Å². The molecule has 0 heterocycles. The molecule has 18 heavy (non-hydrogen) atoms. The normalized spacial score (nSPS) is 11.8. The number of phenols is 1. The van der Waals surface area contributed by atoms with Crippen molar-refractivity contribution < 1.29 is 27.4 Å². The largest absolute Gasteiger partial charge is 0.573 e. The van der Waals surface area contributed by atoms with Crippen LogP contribution in [-0.2, 0) is 0 Å². The maximum absolute atomic E-state index is 13.4. The van der Waals surface area contributed by atoms with Crippen LogP contribution in [0, 0.1) is 12.7 Å². The number of alkyl halides is 3. The Hall–Kier alpha value is -1.98. The van der Waals surface area contributed by atoms with Crippen LogP contribution in [0.3, 0.4) is 0 Å². The minimum absolute atomic E-state index is 0.00914. The zero-order chi connectivity index (χ0) is 13.5. The highest BCUT2D eigenvalue weighted by Crippen LogP contribution is 2.36. The predicted molar refractivity (Wildman–Crippen MR) is 57.0 cm³/mol. The monoisotopic (exact) mass is 260 g/mol. The summed E-state index contributed by atoms with van der Waals surface area (Å²) >= 11 is 0. The van der Waals surface area contributed by atoms with E-state index in [0.717, 1.165) is 6.07 Å². The minimum atomic E-state index is -4.97. The number of halogens is 4. The van der Waals surface area contributed by atoms with E-state index in [4.69, 9.17) is 0 Å². The average Bonchev–Trinajstić information content (AvgIpc) is 2.20. The molecule has 0 amide bonds. The highest BCUT2D eigenvalue weighted by molar-refractivity contribution is 5.92. The fourth-order valence-electron chi connectivity index (χ4n) is 1.81. The van der Waals surface area contributed by atoms with Crippen LogP contribution in [0.25, 0.3) is 10.8 Å². The SMILES string of the molecule is Cc1cc(O)cc2ccc(F)c(OC(F)(F)F)c12. The molecule has 0 spiro atoms. The highest BCUT2D eigenvalue weighted by Gasteiger charge is 2.33. The zero-order valence-electron chi connectivity index (χ0n) is 9.18. The summed E-state index contributed by atoms with van der Waals surface area (Å²) in [5.74, 6) is -2.09. The summed E-state index contributed by atoms with van der Waals surface area (Å²) in [5.41, 5.74) is 0.295. The van der Waals surface area contributed by atoms with Crippen LogP contribution < -0.4 is 4.74 Å². The first-order valence-electron chi connectivity index (χ1n) is 4.95. The molecule has 0 aliphatic rings. The second kappa shape index (κ2) is 4.04. The molecule has 2 nitrogen and oxygen atoms in total. The molecule has 0 atom stereocenters. The van der Waals surface area contributed by atoms with Crippen molar-refractivity contribution in [2.24, 2.45) is 0 Å². The van der Waals surface area contributed by atoms with Gasteiger partial charge in [-0.1, -0.05) is 6.07 Å². The van der Waals surface area contributed by atoms with Gasteiger partial charge in [-0.05, 0) is 36.1 Å². The Bertz CT molecular complexity index is 605. The lowest BCUT2D eigenvalue weighted by atomic mass is 10.0. The van der Waals surface area contributed by atoms with Gasteiger partial charge in [-0.2, -0.15) is 0 Å². The first-order chi connectivity index (χ1) is 8.28. The van der Waals surface area contributed by atoms with Gasteiger partial charge in [0.25, 0.3) is 0 Å². The van der Waals surface area contributed by atoms with Gasteiger partial charge in [-0.25, -0.2) is 4.39 Å². The maximum Gasteiger partial charge on any atom is 0.573 e. The van der Waals surface area contributed by atoms with Crippen LogP contribution in [-0.4, -0.2) is 11.5 Å². The van der Waals surface area contributed by atoms with Crippen molar-refractivity contribution in [2.45, 2.75) is 13.3 Å². The van der Waals surface area contributed by atoms with Crippen LogP contribution in [0.1, 0.15) is 5.56 Å². The number of benzene rings is 2. The summed E-state index contributed by atoms with van der Waals surface area (Å²) in [7, 11) is 0. The third-order valence-corrected chi connectivity index (χ3v) is 2.42. The van der Waals surface area contributed by atoms with E-state index in [2.05, 4.69) is 4.74 Å². The maximum atomic E-state index is 13.4. The van der Waals surface area contributed by atoms with Crippen molar-refractivity contribution in [1.82, 2.24) is 0 Å². The molecule has 0 fully saturated rings. The molecule has 0 bridgehead atoms. The van der Waals surface area contributed by atoms with Gasteiger partial charge in [0.05, 0.1) is 0 Å². The topological polar surface area (TPSA) is 29.5 Å². The molecule has 96 valence electrons. The van der Waals surface area contributed by atoms with E-state index in [0.29, 0.717) is 5.56 Å². The number of fused-ring (bicyclic) bond motifs is 1. The Kier molecular flexibility index (Phi) is 2.80. The fraction of sp³-hybridized carbons (Fsp3) is 0.167. The molecule has 0 radical (unpaired) electrons. The van der Waals surface area contributed by atoms with Gasteiger partial charge >= 0.3 is 6.36 Å². The molecular formula is C12H8F4O2. The molecule has 2 rings (SSSR count). The van der Waals surface area contributed by atoms with Gasteiger partial charge in [-0.3, -0.25) is 0 Å². The van der Waals surface area contributed by atoms with Gasteiger partial charge in [0.2, 0.25) is 0 Å². The van der Waals surface area contributed by atoms with E-state index in [1.165, 1.54) is 25.1 Å². The molecule has 2 aromatic carbocycles. The number of aryl methyl sites for hydroxylation is 1. The molecule has 0 saturated heterocycles. The minimum Gasteiger partial charge on any atom is -0.508 e. The third kappa shape index (κ3) is 2.32. The summed E-state index contributed by atoms with van der Waals surface area (Å²) in [6.45, 7) is 1.46. The number of rotatable bonds is 1. The van der Waals surface area contributed by atoms with E-state index in [-0.39, 0.29) is 16.5 Å². The molecule has 0 saturated carbocycles. The van der Waals surface area contributed by atoms with Gasteiger partial charge in [-0.15, -0.1) is 13.2 Å². The lowest BCUT2D eigenvalue weighted by Gasteiger charge is -2.14. The summed E-state index contributed by atoms with van der Waals surface area (Å²) < 4.78 is 53.8. The lowest BCUT2D eigenvalue weighted by molar-refractivity contribution is -0.275. The standard InChI is InChI=1S/C12H8F4O2/c1-6-4-8(17)5-7-2-3-9(13)11(10(6)7)18-12(14,15)16/h2-5,17H,1H3. The second-order valence-electron chi connectivity index (χ2n) is 3.79. The van der Waals surface area contributed by atoms with Crippen LogP contribution in [0.15, 0.2) is 24.3 Å². The van der Waals surface area contributed by atoms with Crippen molar-refractivity contribution in [3.63, 3.8) is 0 Å². The Morgan fingerprint density at radius 2 is 1.83 bits per heavy atom. The van der Waals surface area contributed by atoms with Crippen molar-refractivity contribution in [3.8, 4) is 11.5 Å². The highest BCUT2D eigenvalue weighted by atomic mass is 19.4. The predicted octanol–water partition coefficient (Wildman–Crippen LogP) is 3.89. The number of phenolic OH excluding ortho intramolecular Hbond substituents is 1. The van der Waals surface area contributed by atoms with Gasteiger partial charge in [0.1, 0.15) is 5.75 Å². The van der Waals surface area contributed by atoms with Crippen LogP contribution in [0.4, 0.5) is 17.6 Å². The number of hydrogen-bond acceptors (Lipinski definition) is 2. The fourth-order valence-corrected chi connectivity index (χ4v) is 1.81. The lowest BCUT2D eigenvalue weighted by Crippen LogP contribution is -2.18. The zero-order valence-corrected chi connectivity index (χ0v) is 9.18.